The smallest absolute Gasteiger partial charge is 0.270 e. The number of fused-ring (bicyclic) bond motifs is 1. The third-order valence-corrected chi connectivity index (χ3v) is 6.99. The van der Waals surface area contributed by atoms with Gasteiger partial charge < -0.3 is 15.3 Å². The first-order chi connectivity index (χ1) is 15.7. The van der Waals surface area contributed by atoms with Gasteiger partial charge in [0.1, 0.15) is 5.65 Å². The zero-order valence-corrected chi connectivity index (χ0v) is 19.4. The number of hydrogen-bond donors (Lipinski definition) is 2. The molecule has 0 radical (unpaired) electrons. The van der Waals surface area contributed by atoms with Crippen molar-refractivity contribution in [2.24, 2.45) is 5.92 Å². The number of amides is 2. The van der Waals surface area contributed by atoms with Gasteiger partial charge in [0.05, 0.1) is 5.69 Å². The molecule has 3 fully saturated rings. The molecule has 0 bridgehead atoms. The van der Waals surface area contributed by atoms with Crippen molar-refractivity contribution in [1.29, 1.82) is 0 Å². The molecule has 5 rings (SSSR count). The summed E-state index contributed by atoms with van der Waals surface area (Å²) in [6.07, 6.45) is 9.21. The summed E-state index contributed by atoms with van der Waals surface area (Å²) < 4.78 is 2.75. The predicted molar refractivity (Wildman–Crippen MR) is 123 cm³/mol. The molecule has 33 heavy (non-hydrogen) atoms. The number of carbonyl (C=O) groups excluding carboxylic acids is 2. The summed E-state index contributed by atoms with van der Waals surface area (Å²) in [5, 5.41) is 18.1. The largest absolute Gasteiger partial charge is 0.492 e. The number of nitrogens with one attached hydrogen (secondary N) is 1. The maximum Gasteiger partial charge on any atom is 0.270 e. The first-order valence-corrected chi connectivity index (χ1v) is 11.9. The Morgan fingerprint density at radius 3 is 2.64 bits per heavy atom. The second-order valence-corrected chi connectivity index (χ2v) is 10.1. The molecule has 1 saturated heterocycles. The number of nitrogens with zero attached hydrogens (tertiary/aromatic N) is 4. The fraction of sp³-hybridized carbons (Fsp3) is 0.583. The van der Waals surface area contributed by atoms with Crippen molar-refractivity contribution in [2.75, 3.05) is 6.54 Å². The molecule has 2 saturated carbocycles. The van der Waals surface area contributed by atoms with Crippen LogP contribution in [0.25, 0.3) is 11.7 Å². The number of aryl methyl sites for hydroxylation is 1. The summed E-state index contributed by atoms with van der Waals surface area (Å²) >= 11 is 0. The molecule has 1 aliphatic heterocycles. The average Bonchev–Trinajstić information content (AvgIpc) is 3.64. The summed E-state index contributed by atoms with van der Waals surface area (Å²) in [5.74, 6) is -0.975. The summed E-state index contributed by atoms with van der Waals surface area (Å²) in [7, 11) is 0. The molecule has 2 amide bonds. The quantitative estimate of drug-likeness (QED) is 0.652. The van der Waals surface area contributed by atoms with Crippen LogP contribution in [0.2, 0.25) is 0 Å². The maximum atomic E-state index is 13.4. The van der Waals surface area contributed by atoms with Crippen LogP contribution in [0.5, 0.6) is 5.88 Å². The van der Waals surface area contributed by atoms with Crippen molar-refractivity contribution in [3.05, 3.63) is 33.3 Å². The minimum absolute atomic E-state index is 0.0360. The van der Waals surface area contributed by atoms with E-state index >= 15 is 0 Å². The van der Waals surface area contributed by atoms with Crippen molar-refractivity contribution in [3.8, 4) is 5.88 Å². The van der Waals surface area contributed by atoms with Crippen LogP contribution in [0.4, 0.5) is 0 Å². The Morgan fingerprint density at radius 2 is 2.00 bits per heavy atom. The lowest BCUT2D eigenvalue weighted by atomic mass is 10.1. The van der Waals surface area contributed by atoms with Crippen LogP contribution in [0, 0.1) is 12.8 Å². The van der Waals surface area contributed by atoms with Gasteiger partial charge in [0.15, 0.2) is 5.56 Å². The molecule has 3 heterocycles. The van der Waals surface area contributed by atoms with E-state index in [0.717, 1.165) is 45.1 Å². The summed E-state index contributed by atoms with van der Waals surface area (Å²) in [5.41, 5.74) is 0.752. The highest BCUT2D eigenvalue weighted by molar-refractivity contribution is 5.97. The molecule has 9 nitrogen and oxygen atoms in total. The van der Waals surface area contributed by atoms with Gasteiger partial charge in [0.25, 0.3) is 11.5 Å². The van der Waals surface area contributed by atoms with Crippen LogP contribution >= 0.6 is 0 Å². The lowest BCUT2D eigenvalue weighted by Gasteiger charge is -2.22. The molecule has 2 aromatic rings. The third kappa shape index (κ3) is 3.73. The molecular weight excluding hydrogens is 422 g/mol. The Labute approximate surface area is 192 Å². The van der Waals surface area contributed by atoms with Gasteiger partial charge in [-0.1, -0.05) is 13.8 Å². The average molecular weight is 454 g/mol. The summed E-state index contributed by atoms with van der Waals surface area (Å²) in [6, 6.07) is 0.0507. The first kappa shape index (κ1) is 21.7. The number of rotatable bonds is 6. The molecule has 2 aliphatic carbocycles. The van der Waals surface area contributed by atoms with Gasteiger partial charge in [-0.3, -0.25) is 19.0 Å². The van der Waals surface area contributed by atoms with E-state index in [9.17, 15) is 19.5 Å². The van der Waals surface area contributed by atoms with Crippen LogP contribution in [-0.2, 0) is 11.3 Å². The fourth-order valence-electron chi connectivity index (χ4n) is 4.97. The van der Waals surface area contributed by atoms with Gasteiger partial charge in [0, 0.05) is 36.3 Å². The second kappa shape index (κ2) is 7.74. The van der Waals surface area contributed by atoms with Crippen LogP contribution < -0.4 is 10.9 Å². The minimum atomic E-state index is -0.580. The molecule has 0 atom stereocenters. The number of hydrogen-bond acceptors (Lipinski definition) is 5. The highest BCUT2D eigenvalue weighted by Gasteiger charge is 2.52. The van der Waals surface area contributed by atoms with Gasteiger partial charge in [0.2, 0.25) is 11.8 Å². The van der Waals surface area contributed by atoms with Gasteiger partial charge in [-0.15, -0.1) is 0 Å². The Kier molecular flexibility index (Phi) is 5.10. The Bertz CT molecular complexity index is 1230. The lowest BCUT2D eigenvalue weighted by Crippen LogP contribution is -2.36. The van der Waals surface area contributed by atoms with Crippen LogP contribution in [0.1, 0.15) is 74.0 Å². The van der Waals surface area contributed by atoms with E-state index in [1.165, 1.54) is 9.08 Å². The minimum Gasteiger partial charge on any atom is -0.492 e. The van der Waals surface area contributed by atoms with E-state index < -0.39 is 17.3 Å². The van der Waals surface area contributed by atoms with Gasteiger partial charge in [-0.05, 0) is 57.4 Å². The van der Waals surface area contributed by atoms with E-state index in [1.54, 1.807) is 19.1 Å². The predicted octanol–water partition coefficient (Wildman–Crippen LogP) is 2.23. The number of carbonyl (C=O) groups is 2. The SMILES string of the molecule is Cc1nn2c(O)c(C(=O)NC3CC3)c(=O)n(CC(C)C)c2c1C=CC(=O)N1CCCC12CC2. The molecule has 1 spiro atoms. The number of likely N-dealkylation sites (tertiary alicyclic amines) is 1. The van der Waals surface area contributed by atoms with Crippen LogP contribution in [0.3, 0.4) is 0 Å². The van der Waals surface area contributed by atoms with Crippen LogP contribution in [0.15, 0.2) is 10.9 Å². The molecule has 9 heteroatoms. The molecule has 3 aliphatic rings. The van der Waals surface area contributed by atoms with Crippen molar-refractivity contribution in [1.82, 2.24) is 24.4 Å². The Balaban J connectivity index is 1.59. The van der Waals surface area contributed by atoms with Gasteiger partial charge in [-0.2, -0.15) is 9.61 Å². The Morgan fingerprint density at radius 1 is 1.27 bits per heavy atom. The summed E-state index contributed by atoms with van der Waals surface area (Å²) in [4.78, 5) is 41.0. The lowest BCUT2D eigenvalue weighted by molar-refractivity contribution is -0.127. The monoisotopic (exact) mass is 453 g/mol. The van der Waals surface area contributed by atoms with Gasteiger partial charge in [-0.25, -0.2) is 0 Å². The zero-order chi connectivity index (χ0) is 23.5. The van der Waals surface area contributed by atoms with Crippen molar-refractivity contribution >= 4 is 23.5 Å². The second-order valence-electron chi connectivity index (χ2n) is 10.1. The van der Waals surface area contributed by atoms with Crippen LogP contribution in [-0.4, -0.2) is 54.1 Å². The Hall–Kier alpha value is -3.10. The molecule has 2 N–H and O–H groups in total. The molecule has 2 aromatic heterocycles. The number of aromatic hydroxyl groups is 1. The highest BCUT2D eigenvalue weighted by atomic mass is 16.3. The molecule has 0 aromatic carbocycles. The van der Waals surface area contributed by atoms with Crippen molar-refractivity contribution in [3.63, 3.8) is 0 Å². The summed E-state index contributed by atoms with van der Waals surface area (Å²) in [6.45, 7) is 6.84. The van der Waals surface area contributed by atoms with E-state index in [1.807, 2.05) is 18.7 Å². The topological polar surface area (TPSA) is 109 Å². The third-order valence-electron chi connectivity index (χ3n) is 6.99. The first-order valence-electron chi connectivity index (χ1n) is 11.9. The van der Waals surface area contributed by atoms with E-state index in [4.69, 9.17) is 0 Å². The zero-order valence-electron chi connectivity index (χ0n) is 19.4. The highest BCUT2D eigenvalue weighted by Crippen LogP contribution is 2.49. The van der Waals surface area contributed by atoms with Crippen molar-refractivity contribution in [2.45, 2.75) is 77.4 Å². The van der Waals surface area contributed by atoms with E-state index in [-0.39, 0.29) is 29.0 Å². The molecule has 0 unspecified atom stereocenters. The fourth-order valence-corrected chi connectivity index (χ4v) is 4.97. The van der Waals surface area contributed by atoms with Crippen molar-refractivity contribution < 1.29 is 14.7 Å². The molecule has 176 valence electrons. The van der Waals surface area contributed by atoms with Gasteiger partial charge >= 0.3 is 0 Å². The normalized spacial score (nSPS) is 19.3. The standard InChI is InChI=1S/C24H31N5O4/c1-14(2)13-27-21-17(7-8-18(30)28-12-4-9-24(28)10-11-24)15(3)26-29(21)23(33)19(22(27)32)20(31)25-16-5-6-16/h7-8,14,16,33H,4-6,9-13H2,1-3H3,(H,25,31). The van der Waals surface area contributed by atoms with E-state index in [2.05, 4.69) is 10.4 Å². The maximum absolute atomic E-state index is 13.4. The van der Waals surface area contributed by atoms with E-state index in [0.29, 0.717) is 23.4 Å². The number of aromatic nitrogens is 3. The molecular formula is C24H31N5O4.